The second kappa shape index (κ2) is 5.35. The smallest absolute Gasteiger partial charge is 0.263 e. The molecule has 0 radical (unpaired) electrons. The van der Waals surface area contributed by atoms with Crippen LogP contribution in [0.15, 0.2) is 18.2 Å². The number of hydrogen-bond acceptors (Lipinski definition) is 3. The van der Waals surface area contributed by atoms with Crippen molar-refractivity contribution in [1.82, 2.24) is 15.5 Å². The van der Waals surface area contributed by atoms with E-state index in [1.165, 1.54) is 11.6 Å². The summed E-state index contributed by atoms with van der Waals surface area (Å²) in [6.45, 7) is 2.54. The Hall–Kier alpha value is -1.95. The van der Waals surface area contributed by atoms with Gasteiger partial charge in [-0.1, -0.05) is 12.1 Å². The Morgan fingerprint density at radius 1 is 1.23 bits per heavy atom. The molecule has 3 heterocycles. The molecule has 4 nitrogen and oxygen atoms in total. The molecular weight excluding hydrogens is 286 g/mol. The molecule has 1 aromatic heterocycles. The summed E-state index contributed by atoms with van der Waals surface area (Å²) >= 11 is 0. The van der Waals surface area contributed by atoms with Crippen LogP contribution in [-0.2, 0) is 19.4 Å². The maximum Gasteiger partial charge on any atom is 0.263 e. The van der Waals surface area contributed by atoms with E-state index in [1.54, 1.807) is 6.07 Å². The van der Waals surface area contributed by atoms with Gasteiger partial charge in [-0.3, -0.25) is 5.10 Å². The number of anilines is 2. The number of hydrogen-bond donors (Lipinski definition) is 2. The summed E-state index contributed by atoms with van der Waals surface area (Å²) in [5.74, 6) is 0.884. The SMILES string of the molecule is FC(F)c1ccc2c(c1)N(c1n[nH]c3c1CNCC3)CCC2. The second-order valence-corrected chi connectivity index (χ2v) is 5.88. The highest BCUT2D eigenvalue weighted by Crippen LogP contribution is 2.37. The monoisotopic (exact) mass is 304 g/mol. The number of nitrogens with zero attached hydrogens (tertiary/aromatic N) is 2. The summed E-state index contributed by atoms with van der Waals surface area (Å²) in [4.78, 5) is 2.09. The van der Waals surface area contributed by atoms with Crippen LogP contribution in [-0.4, -0.2) is 23.3 Å². The minimum absolute atomic E-state index is 0.0770. The largest absolute Gasteiger partial charge is 0.324 e. The van der Waals surface area contributed by atoms with Gasteiger partial charge in [-0.2, -0.15) is 5.10 Å². The van der Waals surface area contributed by atoms with Crippen LogP contribution in [0.1, 0.15) is 35.2 Å². The summed E-state index contributed by atoms with van der Waals surface area (Å²) < 4.78 is 26.1. The van der Waals surface area contributed by atoms with E-state index in [0.29, 0.717) is 0 Å². The zero-order valence-electron chi connectivity index (χ0n) is 12.2. The first kappa shape index (κ1) is 13.7. The molecule has 0 saturated carbocycles. The van der Waals surface area contributed by atoms with E-state index in [0.717, 1.165) is 61.7 Å². The maximum atomic E-state index is 13.0. The maximum absolute atomic E-state index is 13.0. The van der Waals surface area contributed by atoms with Crippen molar-refractivity contribution in [2.24, 2.45) is 0 Å². The van der Waals surface area contributed by atoms with Crippen molar-refractivity contribution < 1.29 is 8.78 Å². The Morgan fingerprint density at radius 2 is 2.14 bits per heavy atom. The Balaban J connectivity index is 1.78. The normalized spacial score (nSPS) is 17.5. The van der Waals surface area contributed by atoms with Gasteiger partial charge in [0.05, 0.1) is 0 Å². The van der Waals surface area contributed by atoms with Crippen molar-refractivity contribution in [3.8, 4) is 0 Å². The van der Waals surface area contributed by atoms with Gasteiger partial charge in [0.25, 0.3) is 6.43 Å². The lowest BCUT2D eigenvalue weighted by Gasteiger charge is -2.31. The van der Waals surface area contributed by atoms with Gasteiger partial charge in [-0.25, -0.2) is 8.78 Å². The third-order valence-corrected chi connectivity index (χ3v) is 4.52. The number of H-pyrrole nitrogens is 1. The fourth-order valence-electron chi connectivity index (χ4n) is 3.38. The van der Waals surface area contributed by atoms with E-state index in [-0.39, 0.29) is 5.56 Å². The van der Waals surface area contributed by atoms with Crippen LogP contribution >= 0.6 is 0 Å². The molecule has 0 atom stereocenters. The molecule has 2 aliphatic rings. The number of benzene rings is 1. The first-order chi connectivity index (χ1) is 10.7. The minimum Gasteiger partial charge on any atom is -0.324 e. The average molecular weight is 304 g/mol. The first-order valence-electron chi connectivity index (χ1n) is 7.69. The molecule has 0 bridgehead atoms. The molecule has 6 heteroatoms. The van der Waals surface area contributed by atoms with E-state index in [1.807, 2.05) is 6.07 Å². The average Bonchev–Trinajstić information content (AvgIpc) is 2.97. The molecule has 22 heavy (non-hydrogen) atoms. The Labute approximate surface area is 127 Å². The Bertz CT molecular complexity index is 695. The number of halogens is 2. The third-order valence-electron chi connectivity index (χ3n) is 4.52. The third kappa shape index (κ3) is 2.18. The highest BCUT2D eigenvalue weighted by atomic mass is 19.3. The van der Waals surface area contributed by atoms with Crippen molar-refractivity contribution in [1.29, 1.82) is 0 Å². The number of aromatic amines is 1. The van der Waals surface area contributed by atoms with Gasteiger partial charge in [0.1, 0.15) is 0 Å². The molecule has 0 saturated heterocycles. The zero-order valence-corrected chi connectivity index (χ0v) is 12.2. The number of alkyl halides is 2. The lowest BCUT2D eigenvalue weighted by atomic mass is 9.98. The summed E-state index contributed by atoms with van der Waals surface area (Å²) in [6, 6.07) is 4.99. The van der Waals surface area contributed by atoms with Crippen molar-refractivity contribution >= 4 is 11.5 Å². The molecule has 4 rings (SSSR count). The van der Waals surface area contributed by atoms with Gasteiger partial charge in [0.15, 0.2) is 5.82 Å². The molecule has 2 aliphatic heterocycles. The number of rotatable bonds is 2. The van der Waals surface area contributed by atoms with E-state index in [2.05, 4.69) is 20.4 Å². The summed E-state index contributed by atoms with van der Waals surface area (Å²) in [5, 5.41) is 10.9. The van der Waals surface area contributed by atoms with E-state index >= 15 is 0 Å². The number of aromatic nitrogens is 2. The van der Waals surface area contributed by atoms with Gasteiger partial charge in [-0.05, 0) is 24.5 Å². The standard InChI is InChI=1S/C16H18F2N4/c17-15(18)11-4-3-10-2-1-7-22(14(10)8-11)16-12-9-19-6-5-13(12)20-21-16/h3-4,8,15,19H,1-2,5-7,9H2,(H,20,21). The van der Waals surface area contributed by atoms with Gasteiger partial charge in [0, 0.05) is 48.6 Å². The molecular formula is C16H18F2N4. The highest BCUT2D eigenvalue weighted by molar-refractivity contribution is 5.69. The molecule has 0 unspecified atom stereocenters. The predicted molar refractivity (Wildman–Crippen MR) is 80.7 cm³/mol. The van der Waals surface area contributed by atoms with Crippen molar-refractivity contribution in [3.05, 3.63) is 40.6 Å². The number of fused-ring (bicyclic) bond motifs is 2. The molecule has 2 N–H and O–H groups in total. The minimum atomic E-state index is -2.44. The summed E-state index contributed by atoms with van der Waals surface area (Å²) in [5.41, 5.74) is 4.40. The second-order valence-electron chi connectivity index (χ2n) is 5.88. The lowest BCUT2D eigenvalue weighted by molar-refractivity contribution is 0.151. The zero-order chi connectivity index (χ0) is 15.1. The summed E-state index contributed by atoms with van der Waals surface area (Å²) in [7, 11) is 0. The summed E-state index contributed by atoms with van der Waals surface area (Å²) in [6.07, 6.45) is 0.431. The molecule has 1 aromatic carbocycles. The fourth-order valence-corrected chi connectivity index (χ4v) is 3.38. The molecule has 0 aliphatic carbocycles. The van der Waals surface area contributed by atoms with Crippen LogP contribution < -0.4 is 10.2 Å². The Kier molecular flexibility index (Phi) is 3.33. The van der Waals surface area contributed by atoms with Gasteiger partial charge >= 0.3 is 0 Å². The van der Waals surface area contributed by atoms with Crippen LogP contribution in [0, 0.1) is 0 Å². The molecule has 0 spiro atoms. The van der Waals surface area contributed by atoms with Gasteiger partial charge in [-0.15, -0.1) is 0 Å². The van der Waals surface area contributed by atoms with Crippen LogP contribution in [0.5, 0.6) is 0 Å². The van der Waals surface area contributed by atoms with Gasteiger partial charge in [0.2, 0.25) is 0 Å². The van der Waals surface area contributed by atoms with Crippen molar-refractivity contribution in [2.45, 2.75) is 32.2 Å². The van der Waals surface area contributed by atoms with Crippen LogP contribution in [0.3, 0.4) is 0 Å². The van der Waals surface area contributed by atoms with Crippen LogP contribution in [0.25, 0.3) is 0 Å². The van der Waals surface area contributed by atoms with E-state index < -0.39 is 6.43 Å². The first-order valence-corrected chi connectivity index (χ1v) is 7.69. The van der Waals surface area contributed by atoms with Crippen LogP contribution in [0.4, 0.5) is 20.3 Å². The molecule has 116 valence electrons. The molecule has 2 aromatic rings. The molecule has 0 fully saturated rings. The van der Waals surface area contributed by atoms with E-state index in [9.17, 15) is 8.78 Å². The van der Waals surface area contributed by atoms with Crippen molar-refractivity contribution in [3.63, 3.8) is 0 Å². The number of nitrogens with one attached hydrogen (secondary N) is 2. The van der Waals surface area contributed by atoms with E-state index in [4.69, 9.17) is 0 Å². The Morgan fingerprint density at radius 3 is 3.00 bits per heavy atom. The predicted octanol–water partition coefficient (Wildman–Crippen LogP) is 3.08. The topological polar surface area (TPSA) is 44.0 Å². The fraction of sp³-hybridized carbons (Fsp3) is 0.438. The highest BCUT2D eigenvalue weighted by Gasteiger charge is 2.26. The van der Waals surface area contributed by atoms with Crippen LogP contribution in [0.2, 0.25) is 0 Å². The molecule has 0 amide bonds. The lowest BCUT2D eigenvalue weighted by Crippen LogP contribution is -2.28. The quantitative estimate of drug-likeness (QED) is 0.896. The van der Waals surface area contributed by atoms with Gasteiger partial charge < -0.3 is 10.2 Å². The van der Waals surface area contributed by atoms with Crippen molar-refractivity contribution in [2.75, 3.05) is 18.0 Å². The number of aryl methyl sites for hydroxylation is 1.